The van der Waals surface area contributed by atoms with Crippen LogP contribution < -0.4 is 5.32 Å². The molecule has 1 aromatic heterocycles. The molecule has 2 rings (SSSR count). The van der Waals surface area contributed by atoms with Gasteiger partial charge in [0.1, 0.15) is 5.82 Å². The second-order valence-electron chi connectivity index (χ2n) is 3.82. The zero-order valence-corrected chi connectivity index (χ0v) is 9.82. The summed E-state index contributed by atoms with van der Waals surface area (Å²) in [5.74, 6) is -2.25. The molecule has 6 heteroatoms. The van der Waals surface area contributed by atoms with Gasteiger partial charge in [-0.25, -0.2) is 8.78 Å². The molecule has 2 N–H and O–H groups in total. The summed E-state index contributed by atoms with van der Waals surface area (Å²) < 4.78 is 27.9. The molecule has 0 bridgehead atoms. The standard InChI is InChI=1S/C12H13F2N3O/c1-2-17-4-3-11(16-17)15-7-8-5-9(13)12(18)10(14)6-8/h3-6,18H,2,7H2,1H3,(H,15,16). The van der Waals surface area contributed by atoms with Crippen molar-refractivity contribution in [2.45, 2.75) is 20.0 Å². The van der Waals surface area contributed by atoms with Crippen LogP contribution in [0.15, 0.2) is 24.4 Å². The number of benzene rings is 1. The number of hydrogen-bond donors (Lipinski definition) is 2. The lowest BCUT2D eigenvalue weighted by molar-refractivity contribution is 0.395. The van der Waals surface area contributed by atoms with E-state index in [1.54, 1.807) is 16.9 Å². The highest BCUT2D eigenvalue weighted by atomic mass is 19.1. The Balaban J connectivity index is 2.06. The van der Waals surface area contributed by atoms with Crippen LogP contribution in [-0.2, 0) is 13.1 Å². The van der Waals surface area contributed by atoms with Gasteiger partial charge in [0.2, 0.25) is 0 Å². The average Bonchev–Trinajstić information content (AvgIpc) is 2.81. The van der Waals surface area contributed by atoms with Crippen molar-refractivity contribution in [1.82, 2.24) is 9.78 Å². The van der Waals surface area contributed by atoms with E-state index in [0.29, 0.717) is 11.4 Å². The van der Waals surface area contributed by atoms with E-state index in [9.17, 15) is 8.78 Å². The van der Waals surface area contributed by atoms with Crippen molar-refractivity contribution in [3.63, 3.8) is 0 Å². The Kier molecular flexibility index (Phi) is 3.45. The lowest BCUT2D eigenvalue weighted by Gasteiger charge is -2.05. The molecule has 0 spiro atoms. The smallest absolute Gasteiger partial charge is 0.187 e. The predicted octanol–water partition coefficient (Wildman–Crippen LogP) is 2.50. The highest BCUT2D eigenvalue weighted by Gasteiger charge is 2.09. The number of hydrogen-bond acceptors (Lipinski definition) is 3. The first-order chi connectivity index (χ1) is 8.60. The van der Waals surface area contributed by atoms with E-state index in [4.69, 9.17) is 5.11 Å². The SMILES string of the molecule is CCn1ccc(NCc2cc(F)c(O)c(F)c2)n1. The van der Waals surface area contributed by atoms with E-state index in [2.05, 4.69) is 10.4 Å². The van der Waals surface area contributed by atoms with Crippen molar-refractivity contribution >= 4 is 5.82 Å². The van der Waals surface area contributed by atoms with Gasteiger partial charge in [-0.15, -0.1) is 0 Å². The van der Waals surface area contributed by atoms with Crippen LogP contribution in [0.4, 0.5) is 14.6 Å². The summed E-state index contributed by atoms with van der Waals surface area (Å²) in [4.78, 5) is 0. The van der Waals surface area contributed by atoms with E-state index in [1.165, 1.54) is 0 Å². The number of aromatic nitrogens is 2. The number of phenolic OH excluding ortho intramolecular Hbond substituents is 1. The molecule has 4 nitrogen and oxygen atoms in total. The van der Waals surface area contributed by atoms with Gasteiger partial charge in [0.05, 0.1) is 0 Å². The summed E-state index contributed by atoms with van der Waals surface area (Å²) >= 11 is 0. The zero-order valence-electron chi connectivity index (χ0n) is 9.82. The fraction of sp³-hybridized carbons (Fsp3) is 0.250. The molecule has 96 valence electrons. The first-order valence-electron chi connectivity index (χ1n) is 5.54. The number of halogens is 2. The summed E-state index contributed by atoms with van der Waals surface area (Å²) in [6.07, 6.45) is 1.81. The van der Waals surface area contributed by atoms with Crippen molar-refractivity contribution < 1.29 is 13.9 Å². The molecule has 0 unspecified atom stereocenters. The molecule has 1 heterocycles. The molecule has 18 heavy (non-hydrogen) atoms. The number of rotatable bonds is 4. The molecule has 0 saturated carbocycles. The first kappa shape index (κ1) is 12.3. The Morgan fingerprint density at radius 2 is 2.00 bits per heavy atom. The van der Waals surface area contributed by atoms with Crippen molar-refractivity contribution in [2.24, 2.45) is 0 Å². The Labute approximate surface area is 103 Å². The highest BCUT2D eigenvalue weighted by molar-refractivity contribution is 5.36. The van der Waals surface area contributed by atoms with E-state index >= 15 is 0 Å². The van der Waals surface area contributed by atoms with Gasteiger partial charge < -0.3 is 10.4 Å². The van der Waals surface area contributed by atoms with Crippen LogP contribution in [0.5, 0.6) is 5.75 Å². The summed E-state index contributed by atoms with van der Waals surface area (Å²) in [5.41, 5.74) is 0.397. The summed E-state index contributed by atoms with van der Waals surface area (Å²) in [6, 6.07) is 3.95. The molecular formula is C12H13F2N3O. The second-order valence-corrected chi connectivity index (χ2v) is 3.82. The lowest BCUT2D eigenvalue weighted by atomic mass is 10.2. The van der Waals surface area contributed by atoms with Crippen molar-refractivity contribution in [1.29, 1.82) is 0 Å². The van der Waals surface area contributed by atoms with Gasteiger partial charge in [-0.05, 0) is 24.6 Å². The number of anilines is 1. The molecule has 0 aliphatic rings. The summed E-state index contributed by atoms with van der Waals surface area (Å²) in [5, 5.41) is 16.1. The average molecular weight is 253 g/mol. The molecule has 0 aliphatic heterocycles. The molecule has 0 fully saturated rings. The topological polar surface area (TPSA) is 50.1 Å². The number of nitrogens with one attached hydrogen (secondary N) is 1. The van der Waals surface area contributed by atoms with Crippen LogP contribution in [0.1, 0.15) is 12.5 Å². The fourth-order valence-electron chi connectivity index (χ4n) is 1.54. The van der Waals surface area contributed by atoms with Crippen molar-refractivity contribution in [3.05, 3.63) is 41.6 Å². The largest absolute Gasteiger partial charge is 0.503 e. The number of nitrogens with zero attached hydrogens (tertiary/aromatic N) is 2. The molecule has 1 aromatic carbocycles. The Morgan fingerprint density at radius 3 is 2.56 bits per heavy atom. The third-order valence-corrected chi connectivity index (χ3v) is 2.51. The quantitative estimate of drug-likeness (QED) is 0.880. The number of aromatic hydroxyl groups is 1. The van der Waals surface area contributed by atoms with Crippen LogP contribution in [-0.4, -0.2) is 14.9 Å². The Hall–Kier alpha value is -2.11. The van der Waals surface area contributed by atoms with Gasteiger partial charge in [-0.2, -0.15) is 5.10 Å². The van der Waals surface area contributed by atoms with Crippen LogP contribution in [0.25, 0.3) is 0 Å². The molecular weight excluding hydrogens is 240 g/mol. The molecule has 0 atom stereocenters. The van der Waals surface area contributed by atoms with Gasteiger partial charge >= 0.3 is 0 Å². The number of phenols is 1. The van der Waals surface area contributed by atoms with Crippen LogP contribution in [0, 0.1) is 11.6 Å². The zero-order chi connectivity index (χ0) is 13.1. The van der Waals surface area contributed by atoms with Gasteiger partial charge in [0, 0.05) is 25.4 Å². The summed E-state index contributed by atoms with van der Waals surface area (Å²) in [6.45, 7) is 2.94. The highest BCUT2D eigenvalue weighted by Crippen LogP contribution is 2.21. The molecule has 0 radical (unpaired) electrons. The van der Waals surface area contributed by atoms with Crippen molar-refractivity contribution in [3.8, 4) is 5.75 Å². The van der Waals surface area contributed by atoms with Gasteiger partial charge in [0.25, 0.3) is 0 Å². The maximum Gasteiger partial charge on any atom is 0.187 e. The van der Waals surface area contributed by atoms with Gasteiger partial charge in [-0.3, -0.25) is 4.68 Å². The Morgan fingerprint density at radius 1 is 1.33 bits per heavy atom. The minimum absolute atomic E-state index is 0.231. The molecule has 0 saturated heterocycles. The van der Waals surface area contributed by atoms with Gasteiger partial charge in [-0.1, -0.05) is 0 Å². The second kappa shape index (κ2) is 5.03. The van der Waals surface area contributed by atoms with E-state index in [1.807, 2.05) is 6.92 Å². The normalized spacial score (nSPS) is 10.6. The minimum Gasteiger partial charge on any atom is -0.503 e. The molecule has 0 aliphatic carbocycles. The van der Waals surface area contributed by atoms with E-state index in [0.717, 1.165) is 18.7 Å². The number of aryl methyl sites for hydroxylation is 1. The fourth-order valence-corrected chi connectivity index (χ4v) is 1.54. The third-order valence-electron chi connectivity index (χ3n) is 2.51. The van der Waals surface area contributed by atoms with E-state index < -0.39 is 17.4 Å². The third kappa shape index (κ3) is 2.58. The van der Waals surface area contributed by atoms with Gasteiger partial charge in [0.15, 0.2) is 17.4 Å². The maximum absolute atomic E-state index is 13.1. The van der Waals surface area contributed by atoms with Crippen molar-refractivity contribution in [2.75, 3.05) is 5.32 Å². The van der Waals surface area contributed by atoms with Crippen LogP contribution in [0.2, 0.25) is 0 Å². The Bertz CT molecular complexity index is 531. The van der Waals surface area contributed by atoms with Crippen LogP contribution >= 0.6 is 0 Å². The predicted molar refractivity (Wildman–Crippen MR) is 63.3 cm³/mol. The maximum atomic E-state index is 13.1. The van der Waals surface area contributed by atoms with E-state index in [-0.39, 0.29) is 6.54 Å². The molecule has 2 aromatic rings. The first-order valence-corrected chi connectivity index (χ1v) is 5.54. The summed E-state index contributed by atoms with van der Waals surface area (Å²) in [7, 11) is 0. The molecule has 0 amide bonds. The van der Waals surface area contributed by atoms with Crippen LogP contribution in [0.3, 0.4) is 0 Å². The monoisotopic (exact) mass is 253 g/mol. The lowest BCUT2D eigenvalue weighted by Crippen LogP contribution is -2.02. The minimum atomic E-state index is -0.967.